The van der Waals surface area contributed by atoms with Crippen molar-refractivity contribution in [1.29, 1.82) is 0 Å². The molecule has 26 heavy (non-hydrogen) atoms. The summed E-state index contributed by atoms with van der Waals surface area (Å²) < 4.78 is 35.6. The number of carbonyl (C=O) groups is 2. The van der Waals surface area contributed by atoms with Gasteiger partial charge in [-0.2, -0.15) is 0 Å². The Morgan fingerprint density at radius 3 is 2.50 bits per heavy atom. The van der Waals surface area contributed by atoms with E-state index in [0.717, 1.165) is 15.2 Å². The van der Waals surface area contributed by atoms with Crippen LogP contribution in [-0.4, -0.2) is 44.5 Å². The SMILES string of the molecule is COC(=O)Cn1ccc2cc(N(CC(=O)OC(C)(C)C)S(=O)[O-])ccc21. The van der Waals surface area contributed by atoms with Gasteiger partial charge in [0.15, 0.2) is 0 Å². The number of aromatic nitrogens is 1. The molecule has 0 N–H and O–H groups in total. The third kappa shape index (κ3) is 5.06. The van der Waals surface area contributed by atoms with Crippen molar-refractivity contribution in [3.63, 3.8) is 0 Å². The topological polar surface area (TPSA) is 101 Å². The lowest BCUT2D eigenvalue weighted by Crippen LogP contribution is -2.36. The maximum atomic E-state index is 12.0. The molecule has 0 bridgehead atoms. The van der Waals surface area contributed by atoms with Gasteiger partial charge in [-0.15, -0.1) is 0 Å². The minimum Gasteiger partial charge on any atom is -0.755 e. The Bertz CT molecular complexity index is 839. The Morgan fingerprint density at radius 1 is 1.23 bits per heavy atom. The largest absolute Gasteiger partial charge is 0.755 e. The van der Waals surface area contributed by atoms with Gasteiger partial charge in [-0.25, -0.2) is 0 Å². The molecule has 0 fully saturated rings. The molecule has 9 heteroatoms. The van der Waals surface area contributed by atoms with E-state index in [0.29, 0.717) is 5.69 Å². The number of nitrogens with zero attached hydrogens (tertiary/aromatic N) is 2. The summed E-state index contributed by atoms with van der Waals surface area (Å²) in [6.07, 6.45) is 1.71. The van der Waals surface area contributed by atoms with E-state index in [9.17, 15) is 18.4 Å². The highest BCUT2D eigenvalue weighted by Gasteiger charge is 2.20. The van der Waals surface area contributed by atoms with Crippen LogP contribution in [0.1, 0.15) is 20.8 Å². The van der Waals surface area contributed by atoms with E-state index < -0.39 is 35.4 Å². The summed E-state index contributed by atoms with van der Waals surface area (Å²) in [5.74, 6) is -1.04. The number of methoxy groups -OCH3 is 1. The molecule has 1 aromatic heterocycles. The van der Waals surface area contributed by atoms with E-state index in [-0.39, 0.29) is 6.54 Å². The summed E-state index contributed by atoms with van der Waals surface area (Å²) in [6, 6.07) is 6.63. The quantitative estimate of drug-likeness (QED) is 0.558. The molecule has 0 radical (unpaired) electrons. The molecule has 8 nitrogen and oxygen atoms in total. The molecule has 0 saturated heterocycles. The fourth-order valence-electron chi connectivity index (χ4n) is 2.41. The lowest BCUT2D eigenvalue weighted by atomic mass is 10.2. The van der Waals surface area contributed by atoms with Crippen molar-refractivity contribution in [2.75, 3.05) is 18.0 Å². The van der Waals surface area contributed by atoms with Gasteiger partial charge in [0, 0.05) is 34.1 Å². The first-order valence-corrected chi connectivity index (χ1v) is 8.88. The van der Waals surface area contributed by atoms with Crippen LogP contribution in [0.25, 0.3) is 10.9 Å². The molecule has 2 rings (SSSR count). The summed E-state index contributed by atoms with van der Waals surface area (Å²) in [6.45, 7) is 4.74. The fourth-order valence-corrected chi connectivity index (χ4v) is 2.90. The molecule has 1 heterocycles. The van der Waals surface area contributed by atoms with Crippen molar-refractivity contribution < 1.29 is 27.8 Å². The number of ether oxygens (including phenoxy) is 2. The minimum absolute atomic E-state index is 0.0501. The molecule has 0 aliphatic heterocycles. The molecular formula is C17H21N2O6S-. The molecule has 0 spiro atoms. The molecule has 0 aliphatic rings. The van der Waals surface area contributed by atoms with Gasteiger partial charge < -0.3 is 18.6 Å². The van der Waals surface area contributed by atoms with Gasteiger partial charge >= 0.3 is 11.9 Å². The standard InChI is InChI=1S/C17H22N2O6S/c1-17(2,3)25-16(21)11-19(26(22)23)13-5-6-14-12(9-13)7-8-18(14)10-15(20)24-4/h5-9H,10-11H2,1-4H3,(H,22,23)/p-1. The number of hydrogen-bond donors (Lipinski definition) is 0. The van der Waals surface area contributed by atoms with E-state index in [2.05, 4.69) is 4.74 Å². The average molecular weight is 381 g/mol. The zero-order chi connectivity index (χ0) is 19.5. The molecule has 142 valence electrons. The van der Waals surface area contributed by atoms with Gasteiger partial charge in [0.2, 0.25) is 0 Å². The Labute approximate surface area is 154 Å². The van der Waals surface area contributed by atoms with Crippen LogP contribution in [0.15, 0.2) is 30.5 Å². The van der Waals surface area contributed by atoms with Crippen molar-refractivity contribution in [3.05, 3.63) is 30.5 Å². The summed E-state index contributed by atoms with van der Waals surface area (Å²) in [7, 11) is 1.31. The number of fused-ring (bicyclic) bond motifs is 1. The highest BCUT2D eigenvalue weighted by atomic mass is 32.2. The number of esters is 2. The van der Waals surface area contributed by atoms with E-state index >= 15 is 0 Å². The second kappa shape index (κ2) is 7.88. The Morgan fingerprint density at radius 2 is 1.92 bits per heavy atom. The number of hydrogen-bond acceptors (Lipinski definition) is 6. The Hall–Kier alpha value is -2.39. The average Bonchev–Trinajstić information content (AvgIpc) is 2.92. The molecule has 1 unspecified atom stereocenters. The van der Waals surface area contributed by atoms with Gasteiger partial charge in [-0.1, -0.05) is 0 Å². The normalized spacial score (nSPS) is 12.7. The number of rotatable bonds is 6. The third-order valence-electron chi connectivity index (χ3n) is 3.44. The van der Waals surface area contributed by atoms with Crippen LogP contribution in [0, 0.1) is 0 Å². The van der Waals surface area contributed by atoms with E-state index in [1.807, 2.05) is 0 Å². The zero-order valence-electron chi connectivity index (χ0n) is 15.1. The number of benzene rings is 1. The monoisotopic (exact) mass is 381 g/mol. The van der Waals surface area contributed by atoms with Crippen LogP contribution >= 0.6 is 0 Å². The van der Waals surface area contributed by atoms with E-state index in [4.69, 9.17) is 4.74 Å². The van der Waals surface area contributed by atoms with Crippen molar-refractivity contribution in [2.24, 2.45) is 0 Å². The number of carbonyl (C=O) groups excluding carboxylic acids is 2. The Kier molecular flexibility index (Phi) is 6.04. The van der Waals surface area contributed by atoms with Gasteiger partial charge in [-0.3, -0.25) is 18.1 Å². The highest BCUT2D eigenvalue weighted by molar-refractivity contribution is 7.80. The van der Waals surface area contributed by atoms with Crippen LogP contribution in [0.5, 0.6) is 0 Å². The minimum atomic E-state index is -2.65. The highest BCUT2D eigenvalue weighted by Crippen LogP contribution is 2.24. The predicted molar refractivity (Wildman–Crippen MR) is 96.1 cm³/mol. The Balaban J connectivity index is 2.27. The second-order valence-electron chi connectivity index (χ2n) is 6.60. The van der Waals surface area contributed by atoms with Crippen molar-refractivity contribution >= 4 is 39.8 Å². The maximum absolute atomic E-state index is 12.0. The van der Waals surface area contributed by atoms with E-state index in [1.165, 1.54) is 7.11 Å². The van der Waals surface area contributed by atoms with Crippen LogP contribution < -0.4 is 4.31 Å². The molecule has 1 aromatic carbocycles. The van der Waals surface area contributed by atoms with Crippen LogP contribution in [-0.2, 0) is 36.9 Å². The molecule has 0 amide bonds. The van der Waals surface area contributed by atoms with Crippen LogP contribution in [0.2, 0.25) is 0 Å². The van der Waals surface area contributed by atoms with Crippen LogP contribution in [0.3, 0.4) is 0 Å². The van der Waals surface area contributed by atoms with Crippen LogP contribution in [0.4, 0.5) is 5.69 Å². The molecule has 0 saturated carbocycles. The van der Waals surface area contributed by atoms with E-state index in [1.54, 1.807) is 55.8 Å². The smallest absolute Gasteiger partial charge is 0.327 e. The molecule has 1 atom stereocenters. The first-order chi connectivity index (χ1) is 12.1. The molecular weight excluding hydrogens is 360 g/mol. The number of anilines is 1. The predicted octanol–water partition coefficient (Wildman–Crippen LogP) is 1.76. The van der Waals surface area contributed by atoms with Gasteiger partial charge in [-0.05, 0) is 45.0 Å². The van der Waals surface area contributed by atoms with Crippen molar-refractivity contribution in [1.82, 2.24) is 4.57 Å². The lowest BCUT2D eigenvalue weighted by Gasteiger charge is -2.27. The third-order valence-corrected chi connectivity index (χ3v) is 4.14. The first kappa shape index (κ1) is 19.9. The lowest BCUT2D eigenvalue weighted by molar-refractivity contribution is -0.152. The summed E-state index contributed by atoms with van der Waals surface area (Å²) in [5.41, 5.74) is 0.364. The zero-order valence-corrected chi connectivity index (χ0v) is 15.9. The maximum Gasteiger partial charge on any atom is 0.327 e. The molecule has 0 aliphatic carbocycles. The summed E-state index contributed by atoms with van der Waals surface area (Å²) in [4.78, 5) is 23.4. The van der Waals surface area contributed by atoms with Gasteiger partial charge in [0.1, 0.15) is 18.7 Å². The first-order valence-electron chi connectivity index (χ1n) is 7.85. The summed E-state index contributed by atoms with van der Waals surface area (Å²) in [5, 5.41) is 0.728. The van der Waals surface area contributed by atoms with Crippen molar-refractivity contribution in [2.45, 2.75) is 32.9 Å². The molecule has 2 aromatic rings. The summed E-state index contributed by atoms with van der Waals surface area (Å²) >= 11 is -2.65. The second-order valence-corrected chi connectivity index (χ2v) is 7.48. The van der Waals surface area contributed by atoms with Gasteiger partial charge in [0.25, 0.3) is 0 Å². The van der Waals surface area contributed by atoms with Crippen molar-refractivity contribution in [3.8, 4) is 0 Å². The fraction of sp³-hybridized carbons (Fsp3) is 0.412. The van der Waals surface area contributed by atoms with Gasteiger partial charge in [0.05, 0.1) is 7.11 Å².